The molecular weight excluding hydrogens is 318 g/mol. The quantitative estimate of drug-likeness (QED) is 0.803. The van der Waals surface area contributed by atoms with Crippen molar-refractivity contribution < 1.29 is 14.6 Å². The second kappa shape index (κ2) is 7.81. The van der Waals surface area contributed by atoms with Crippen LogP contribution in [0.4, 0.5) is 0 Å². The van der Waals surface area contributed by atoms with Crippen LogP contribution in [0.2, 0.25) is 0 Å². The van der Waals surface area contributed by atoms with Crippen molar-refractivity contribution in [3.05, 3.63) is 30.1 Å². The van der Waals surface area contributed by atoms with Crippen LogP contribution in [0.3, 0.4) is 0 Å². The summed E-state index contributed by atoms with van der Waals surface area (Å²) in [5.41, 5.74) is 0.396. The number of carbonyl (C=O) groups is 1. The number of morpholine rings is 1. The molecule has 0 spiro atoms. The highest BCUT2D eigenvalue weighted by molar-refractivity contribution is 5.85. The molecule has 2 heterocycles. The molecule has 1 saturated heterocycles. The van der Waals surface area contributed by atoms with Gasteiger partial charge in [0.05, 0.1) is 24.9 Å². The molecule has 25 heavy (non-hydrogen) atoms. The molecule has 3 rings (SSSR count). The summed E-state index contributed by atoms with van der Waals surface area (Å²) in [6.07, 6.45) is 3.73. The first-order chi connectivity index (χ1) is 12.0. The van der Waals surface area contributed by atoms with Crippen molar-refractivity contribution in [3.8, 4) is 0 Å². The zero-order chi connectivity index (χ0) is 17.9. The first-order valence-corrected chi connectivity index (χ1v) is 9.18. The number of rotatable bonds is 6. The van der Waals surface area contributed by atoms with E-state index in [0.29, 0.717) is 25.6 Å². The SMILES string of the molecule is CC(C)(C(=O)N[C@H](Cc1ccccn1)C1CC(O)C1)N1CCOCC1. The minimum Gasteiger partial charge on any atom is -0.393 e. The van der Waals surface area contributed by atoms with Gasteiger partial charge in [-0.1, -0.05) is 6.07 Å². The lowest BCUT2D eigenvalue weighted by molar-refractivity contribution is -0.136. The molecule has 1 aliphatic heterocycles. The van der Waals surface area contributed by atoms with Gasteiger partial charge in [0, 0.05) is 37.4 Å². The van der Waals surface area contributed by atoms with Crippen molar-refractivity contribution in [1.82, 2.24) is 15.2 Å². The van der Waals surface area contributed by atoms with Crippen molar-refractivity contribution in [2.75, 3.05) is 26.3 Å². The molecule has 0 radical (unpaired) electrons. The fourth-order valence-electron chi connectivity index (χ4n) is 3.65. The second-order valence-electron chi connectivity index (χ2n) is 7.65. The molecule has 2 N–H and O–H groups in total. The molecule has 6 heteroatoms. The lowest BCUT2D eigenvalue weighted by atomic mass is 9.75. The van der Waals surface area contributed by atoms with Crippen LogP contribution in [-0.4, -0.2) is 64.9 Å². The van der Waals surface area contributed by atoms with E-state index in [-0.39, 0.29) is 18.1 Å². The van der Waals surface area contributed by atoms with Crippen LogP contribution in [0.5, 0.6) is 0 Å². The van der Waals surface area contributed by atoms with Crippen LogP contribution in [0, 0.1) is 5.92 Å². The smallest absolute Gasteiger partial charge is 0.240 e. The Morgan fingerprint density at radius 1 is 1.40 bits per heavy atom. The minimum atomic E-state index is -0.575. The van der Waals surface area contributed by atoms with Crippen molar-refractivity contribution in [1.29, 1.82) is 0 Å². The standard InChI is InChI=1S/C19H29N3O3/c1-19(2,22-7-9-25-10-8-22)18(24)21-17(14-11-16(23)12-14)13-15-5-3-4-6-20-15/h3-6,14,16-17,23H,7-13H2,1-2H3,(H,21,24)/t14?,16?,17-/m1/s1. The van der Waals surface area contributed by atoms with Gasteiger partial charge in [0.25, 0.3) is 0 Å². The van der Waals surface area contributed by atoms with E-state index in [0.717, 1.165) is 31.6 Å². The molecule has 1 atom stereocenters. The Balaban J connectivity index is 1.67. The van der Waals surface area contributed by atoms with E-state index in [1.165, 1.54) is 0 Å². The van der Waals surface area contributed by atoms with E-state index in [1.807, 2.05) is 32.0 Å². The van der Waals surface area contributed by atoms with Gasteiger partial charge in [0.15, 0.2) is 0 Å². The first-order valence-electron chi connectivity index (χ1n) is 9.18. The van der Waals surface area contributed by atoms with E-state index >= 15 is 0 Å². The monoisotopic (exact) mass is 347 g/mol. The number of amides is 1. The molecule has 1 aromatic heterocycles. The van der Waals surface area contributed by atoms with Gasteiger partial charge in [-0.25, -0.2) is 0 Å². The van der Waals surface area contributed by atoms with E-state index in [2.05, 4.69) is 15.2 Å². The second-order valence-corrected chi connectivity index (χ2v) is 7.65. The summed E-state index contributed by atoms with van der Waals surface area (Å²) in [5, 5.41) is 12.9. The average molecular weight is 347 g/mol. The summed E-state index contributed by atoms with van der Waals surface area (Å²) in [4.78, 5) is 19.6. The van der Waals surface area contributed by atoms with Crippen LogP contribution in [0.15, 0.2) is 24.4 Å². The molecule has 1 amide bonds. The van der Waals surface area contributed by atoms with E-state index in [4.69, 9.17) is 4.74 Å². The Morgan fingerprint density at radius 2 is 2.12 bits per heavy atom. The summed E-state index contributed by atoms with van der Waals surface area (Å²) in [7, 11) is 0. The van der Waals surface area contributed by atoms with Crippen LogP contribution < -0.4 is 5.32 Å². The molecule has 1 aliphatic carbocycles. The van der Waals surface area contributed by atoms with Gasteiger partial charge in [0.1, 0.15) is 0 Å². The highest BCUT2D eigenvalue weighted by atomic mass is 16.5. The summed E-state index contributed by atoms with van der Waals surface area (Å²) in [6.45, 7) is 6.83. The third-order valence-corrected chi connectivity index (χ3v) is 5.55. The molecule has 0 bridgehead atoms. The Bertz CT molecular complexity index is 567. The van der Waals surface area contributed by atoms with Crippen molar-refractivity contribution >= 4 is 5.91 Å². The van der Waals surface area contributed by atoms with Gasteiger partial charge in [-0.15, -0.1) is 0 Å². The van der Waals surface area contributed by atoms with Gasteiger partial charge in [-0.05, 0) is 44.7 Å². The van der Waals surface area contributed by atoms with Gasteiger partial charge in [-0.3, -0.25) is 14.7 Å². The van der Waals surface area contributed by atoms with Crippen molar-refractivity contribution in [2.45, 2.75) is 50.8 Å². The minimum absolute atomic E-state index is 0.00566. The fraction of sp³-hybridized carbons (Fsp3) is 0.684. The van der Waals surface area contributed by atoms with Crippen LogP contribution >= 0.6 is 0 Å². The maximum Gasteiger partial charge on any atom is 0.240 e. The third-order valence-electron chi connectivity index (χ3n) is 5.55. The number of hydrogen-bond acceptors (Lipinski definition) is 5. The topological polar surface area (TPSA) is 74.7 Å². The van der Waals surface area contributed by atoms with Gasteiger partial charge in [0.2, 0.25) is 5.91 Å². The third kappa shape index (κ3) is 4.37. The van der Waals surface area contributed by atoms with Gasteiger partial charge in [-0.2, -0.15) is 0 Å². The maximum atomic E-state index is 13.0. The number of nitrogens with zero attached hydrogens (tertiary/aromatic N) is 2. The summed E-state index contributed by atoms with van der Waals surface area (Å²) < 4.78 is 5.40. The Kier molecular flexibility index (Phi) is 5.71. The summed E-state index contributed by atoms with van der Waals surface area (Å²) in [5.74, 6) is 0.346. The lowest BCUT2D eigenvalue weighted by Gasteiger charge is -2.43. The number of ether oxygens (including phenoxy) is 1. The van der Waals surface area contributed by atoms with E-state index in [1.54, 1.807) is 6.20 Å². The Hall–Kier alpha value is -1.50. The van der Waals surface area contributed by atoms with Crippen LogP contribution in [-0.2, 0) is 16.0 Å². The number of nitrogens with one attached hydrogen (secondary N) is 1. The van der Waals surface area contributed by atoms with Crippen molar-refractivity contribution in [2.24, 2.45) is 5.92 Å². The molecule has 2 aliphatic rings. The average Bonchev–Trinajstić information content (AvgIpc) is 2.60. The molecule has 6 nitrogen and oxygen atoms in total. The molecule has 2 fully saturated rings. The number of aliphatic hydroxyl groups is 1. The predicted molar refractivity (Wildman–Crippen MR) is 95.1 cm³/mol. The predicted octanol–water partition coefficient (Wildman–Crippen LogP) is 0.991. The number of carbonyl (C=O) groups excluding carboxylic acids is 1. The zero-order valence-electron chi connectivity index (χ0n) is 15.1. The first kappa shape index (κ1) is 18.3. The highest BCUT2D eigenvalue weighted by Gasteiger charge is 2.40. The Labute approximate surface area is 149 Å². The number of aliphatic hydroxyl groups excluding tert-OH is 1. The largest absolute Gasteiger partial charge is 0.393 e. The van der Waals surface area contributed by atoms with E-state index in [9.17, 15) is 9.90 Å². The van der Waals surface area contributed by atoms with Crippen LogP contribution in [0.1, 0.15) is 32.4 Å². The normalized spacial score (nSPS) is 25.9. The Morgan fingerprint density at radius 3 is 2.72 bits per heavy atom. The van der Waals surface area contributed by atoms with Gasteiger partial charge >= 0.3 is 0 Å². The number of hydrogen-bond donors (Lipinski definition) is 2. The fourth-order valence-corrected chi connectivity index (χ4v) is 3.65. The van der Waals surface area contributed by atoms with Crippen molar-refractivity contribution in [3.63, 3.8) is 0 Å². The molecule has 0 unspecified atom stereocenters. The summed E-state index contributed by atoms with van der Waals surface area (Å²) >= 11 is 0. The molecule has 1 saturated carbocycles. The number of aromatic nitrogens is 1. The molecular formula is C19H29N3O3. The summed E-state index contributed by atoms with van der Waals surface area (Å²) in [6, 6.07) is 5.85. The molecule has 138 valence electrons. The maximum absolute atomic E-state index is 13.0. The zero-order valence-corrected chi connectivity index (χ0v) is 15.1. The highest BCUT2D eigenvalue weighted by Crippen LogP contribution is 2.32. The molecule has 0 aromatic carbocycles. The number of pyridine rings is 1. The van der Waals surface area contributed by atoms with E-state index < -0.39 is 5.54 Å². The van der Waals surface area contributed by atoms with Crippen LogP contribution in [0.25, 0.3) is 0 Å². The lowest BCUT2D eigenvalue weighted by Crippen LogP contribution is -2.61. The molecule has 1 aromatic rings. The van der Waals surface area contributed by atoms with Gasteiger partial charge < -0.3 is 15.2 Å².